The Hall–Kier alpha value is -2.73. The molecule has 12 heteroatoms. The molecule has 3 aromatic rings. The Bertz CT molecular complexity index is 1420. The monoisotopic (exact) mass is 525 g/mol. The van der Waals surface area contributed by atoms with E-state index in [4.69, 9.17) is 20.8 Å². The van der Waals surface area contributed by atoms with Crippen LogP contribution in [0.5, 0.6) is 5.75 Å². The maximum atomic E-state index is 15.0. The number of aromatic amines is 1. The number of aromatic nitrogens is 2. The molecule has 1 aliphatic heterocycles. The van der Waals surface area contributed by atoms with Gasteiger partial charge in [0.1, 0.15) is 22.5 Å². The molecule has 1 aliphatic rings. The van der Waals surface area contributed by atoms with E-state index in [1.54, 1.807) is 19.9 Å². The Morgan fingerprint density at radius 2 is 2.09 bits per heavy atom. The van der Waals surface area contributed by atoms with Crippen LogP contribution in [0.1, 0.15) is 66.5 Å². The third-order valence-electron chi connectivity index (χ3n) is 6.28. The van der Waals surface area contributed by atoms with Crippen molar-refractivity contribution in [1.82, 2.24) is 14.9 Å². The number of hydrogen-bond donors (Lipinski definition) is 3. The molecule has 3 atom stereocenters. The molecule has 3 N–H and O–H groups in total. The van der Waals surface area contributed by atoms with Crippen molar-refractivity contribution in [2.24, 2.45) is 0 Å². The number of fused-ring (bicyclic) bond motifs is 1. The zero-order valence-electron chi connectivity index (χ0n) is 19.3. The van der Waals surface area contributed by atoms with Crippen LogP contribution in [0.2, 0.25) is 5.02 Å². The van der Waals surface area contributed by atoms with Crippen LogP contribution < -0.4 is 15.2 Å². The molecule has 3 unspecified atom stereocenters. The van der Waals surface area contributed by atoms with Crippen LogP contribution in [0.15, 0.2) is 38.4 Å². The van der Waals surface area contributed by atoms with Gasteiger partial charge in [0, 0.05) is 17.9 Å². The minimum absolute atomic E-state index is 0.0611. The van der Waals surface area contributed by atoms with Gasteiger partial charge < -0.3 is 14.3 Å². The van der Waals surface area contributed by atoms with Gasteiger partial charge in [-0.1, -0.05) is 31.5 Å². The van der Waals surface area contributed by atoms with Crippen molar-refractivity contribution in [2.75, 3.05) is 6.61 Å². The Kier molecular flexibility index (Phi) is 7.05. The molecule has 0 amide bonds. The first-order chi connectivity index (χ1) is 16.5. The highest BCUT2D eigenvalue weighted by Crippen LogP contribution is 2.42. The first-order valence-corrected chi connectivity index (χ1v) is 12.9. The minimum atomic E-state index is -4.36. The van der Waals surface area contributed by atoms with E-state index in [-0.39, 0.29) is 45.7 Å². The second-order valence-electron chi connectivity index (χ2n) is 8.38. The highest BCUT2D eigenvalue weighted by molar-refractivity contribution is 7.89. The van der Waals surface area contributed by atoms with Crippen molar-refractivity contribution in [3.63, 3.8) is 0 Å². The summed E-state index contributed by atoms with van der Waals surface area (Å²) in [5.41, 5.74) is 2.01. The van der Waals surface area contributed by atoms with Crippen LogP contribution in [-0.2, 0) is 16.4 Å². The van der Waals surface area contributed by atoms with Crippen LogP contribution in [0, 0.1) is 12.7 Å². The average molecular weight is 526 g/mol. The molecule has 9 nitrogen and oxygen atoms in total. The molecule has 0 fully saturated rings. The van der Waals surface area contributed by atoms with E-state index in [2.05, 4.69) is 14.9 Å². The number of rotatable bonds is 7. The molecule has 1 aromatic heterocycles. The van der Waals surface area contributed by atoms with Crippen molar-refractivity contribution in [2.45, 2.75) is 56.6 Å². The van der Waals surface area contributed by atoms with E-state index in [1.165, 1.54) is 18.2 Å². The first-order valence-electron chi connectivity index (χ1n) is 11.0. The topological polar surface area (TPSA) is 135 Å². The van der Waals surface area contributed by atoms with E-state index < -0.39 is 39.7 Å². The standard InChI is InChI=1S/C23H25ClFN3O6S/c1-4-13-5-7-15(25)18(11(13)2)12(3)20(22-26-27-23(30)34-22)28-35(31,32)17-8-6-14(24)19-16(29)9-10-33-21(17)19/h5-8,12,16,20,28-29H,4,9-10H2,1-3H3,(H,27,30). The predicted octanol–water partition coefficient (Wildman–Crippen LogP) is 3.67. The number of aliphatic hydroxyl groups is 1. The summed E-state index contributed by atoms with van der Waals surface area (Å²) in [5.74, 6) is -2.54. The quantitative estimate of drug-likeness (QED) is 0.428. The normalized spacial score (nSPS) is 17.5. The Morgan fingerprint density at radius 3 is 2.74 bits per heavy atom. The number of hydrogen-bond acceptors (Lipinski definition) is 7. The fraction of sp³-hybridized carbons (Fsp3) is 0.391. The summed E-state index contributed by atoms with van der Waals surface area (Å²) < 4.78 is 55.3. The van der Waals surface area contributed by atoms with Crippen LogP contribution in [0.4, 0.5) is 4.39 Å². The number of nitrogens with zero attached hydrogens (tertiary/aromatic N) is 1. The Morgan fingerprint density at radius 1 is 1.34 bits per heavy atom. The Balaban J connectivity index is 1.82. The predicted molar refractivity (Wildman–Crippen MR) is 126 cm³/mol. The van der Waals surface area contributed by atoms with Gasteiger partial charge in [-0.15, -0.1) is 5.10 Å². The second-order valence-corrected chi connectivity index (χ2v) is 10.5. The molecule has 35 heavy (non-hydrogen) atoms. The molecular weight excluding hydrogens is 501 g/mol. The van der Waals surface area contributed by atoms with E-state index in [0.717, 1.165) is 5.56 Å². The molecule has 188 valence electrons. The number of H-pyrrole nitrogens is 1. The van der Waals surface area contributed by atoms with Crippen molar-refractivity contribution in [3.8, 4) is 5.75 Å². The van der Waals surface area contributed by atoms with Crippen LogP contribution in [-0.4, -0.2) is 30.3 Å². The van der Waals surface area contributed by atoms with Gasteiger partial charge in [-0.25, -0.2) is 22.7 Å². The highest BCUT2D eigenvalue weighted by atomic mass is 35.5. The summed E-state index contributed by atoms with van der Waals surface area (Å²) >= 11 is 6.20. The fourth-order valence-electron chi connectivity index (χ4n) is 4.46. The summed E-state index contributed by atoms with van der Waals surface area (Å²) in [7, 11) is -4.36. The van der Waals surface area contributed by atoms with Gasteiger partial charge in [-0.3, -0.25) is 0 Å². The number of aliphatic hydroxyl groups excluding tert-OH is 1. The number of halogens is 2. The van der Waals surface area contributed by atoms with Crippen LogP contribution >= 0.6 is 11.6 Å². The van der Waals surface area contributed by atoms with Gasteiger partial charge >= 0.3 is 5.76 Å². The lowest BCUT2D eigenvalue weighted by atomic mass is 9.87. The van der Waals surface area contributed by atoms with E-state index >= 15 is 4.39 Å². The lowest BCUT2D eigenvalue weighted by Gasteiger charge is -2.28. The number of aryl methyl sites for hydroxylation is 1. The fourth-order valence-corrected chi connectivity index (χ4v) is 6.17. The highest BCUT2D eigenvalue weighted by Gasteiger charge is 2.36. The summed E-state index contributed by atoms with van der Waals surface area (Å²) in [4.78, 5) is 11.4. The van der Waals surface area contributed by atoms with E-state index in [9.17, 15) is 18.3 Å². The molecular formula is C23H25ClFN3O6S. The molecule has 2 aromatic carbocycles. The van der Waals surface area contributed by atoms with Gasteiger partial charge in [0.25, 0.3) is 0 Å². The largest absolute Gasteiger partial charge is 0.492 e. The maximum Gasteiger partial charge on any atom is 0.434 e. The van der Waals surface area contributed by atoms with Crippen molar-refractivity contribution >= 4 is 21.6 Å². The van der Waals surface area contributed by atoms with Crippen LogP contribution in [0.25, 0.3) is 0 Å². The molecule has 2 heterocycles. The lowest BCUT2D eigenvalue weighted by molar-refractivity contribution is 0.113. The van der Waals surface area contributed by atoms with Gasteiger partial charge in [-0.05, 0) is 48.2 Å². The molecule has 4 rings (SSSR count). The number of benzene rings is 2. The Labute approximate surface area is 206 Å². The summed E-state index contributed by atoms with van der Waals surface area (Å²) in [6.07, 6.45) is -0.0846. The zero-order valence-corrected chi connectivity index (χ0v) is 20.8. The summed E-state index contributed by atoms with van der Waals surface area (Å²) in [5, 5.41) is 16.5. The molecule has 0 saturated heterocycles. The lowest BCUT2D eigenvalue weighted by Crippen LogP contribution is -2.33. The van der Waals surface area contributed by atoms with E-state index in [1.807, 2.05) is 6.92 Å². The number of nitrogens with one attached hydrogen (secondary N) is 2. The van der Waals surface area contributed by atoms with Crippen LogP contribution in [0.3, 0.4) is 0 Å². The van der Waals surface area contributed by atoms with Gasteiger partial charge in [0.2, 0.25) is 15.9 Å². The second kappa shape index (κ2) is 9.73. The summed E-state index contributed by atoms with van der Waals surface area (Å²) in [6, 6.07) is 4.37. The average Bonchev–Trinajstić information content (AvgIpc) is 3.23. The number of ether oxygens (including phenoxy) is 1. The smallest absolute Gasteiger partial charge is 0.434 e. The molecule has 0 radical (unpaired) electrons. The summed E-state index contributed by atoms with van der Waals surface area (Å²) in [6.45, 7) is 5.40. The third kappa shape index (κ3) is 4.73. The van der Waals surface area contributed by atoms with Gasteiger partial charge in [-0.2, -0.15) is 4.72 Å². The molecule has 0 aliphatic carbocycles. The SMILES string of the molecule is CCc1ccc(F)c(C(C)C(NS(=O)(=O)c2ccc(Cl)c3c2OCCC3O)c2n[nH]c(=O)o2)c1C. The zero-order chi connectivity index (χ0) is 25.5. The first kappa shape index (κ1) is 25.4. The molecule has 0 saturated carbocycles. The van der Waals surface area contributed by atoms with E-state index in [0.29, 0.717) is 12.0 Å². The third-order valence-corrected chi connectivity index (χ3v) is 8.07. The van der Waals surface area contributed by atoms with Crippen molar-refractivity contribution in [3.05, 3.63) is 73.8 Å². The molecule has 0 bridgehead atoms. The maximum absolute atomic E-state index is 15.0. The van der Waals surface area contributed by atoms with Gasteiger partial charge in [0.15, 0.2) is 0 Å². The van der Waals surface area contributed by atoms with Gasteiger partial charge in [0.05, 0.1) is 17.7 Å². The van der Waals surface area contributed by atoms with Crippen molar-refractivity contribution < 1.29 is 27.1 Å². The minimum Gasteiger partial charge on any atom is -0.492 e. The molecule has 0 spiro atoms. The van der Waals surface area contributed by atoms with Crippen molar-refractivity contribution in [1.29, 1.82) is 0 Å². The number of sulfonamides is 1.